The van der Waals surface area contributed by atoms with Crippen molar-refractivity contribution in [2.75, 3.05) is 0 Å². The lowest BCUT2D eigenvalue weighted by Crippen LogP contribution is -2.65. The predicted molar refractivity (Wildman–Crippen MR) is 147 cm³/mol. The Morgan fingerprint density at radius 2 is 1.49 bits per heavy atom. The van der Waals surface area contributed by atoms with E-state index in [2.05, 4.69) is 56.3 Å². The summed E-state index contributed by atoms with van der Waals surface area (Å²) in [6.07, 6.45) is 3.72. The summed E-state index contributed by atoms with van der Waals surface area (Å²) < 4.78 is 27.1. The number of benzene rings is 2. The van der Waals surface area contributed by atoms with Crippen LogP contribution in [0.15, 0.2) is 72.1 Å². The first-order chi connectivity index (χ1) is 16.5. The molecule has 1 fully saturated rings. The molecule has 0 amide bonds. The summed E-state index contributed by atoms with van der Waals surface area (Å²) in [6.45, 7) is 13.9. The fourth-order valence-electron chi connectivity index (χ4n) is 4.98. The first kappa shape index (κ1) is 28.1. The van der Waals surface area contributed by atoms with Crippen molar-refractivity contribution in [1.82, 2.24) is 4.72 Å². The minimum Gasteiger partial charge on any atom is -0.593 e. The summed E-state index contributed by atoms with van der Waals surface area (Å²) in [6, 6.07) is 20.3. The Balaban J connectivity index is 1.70. The standard InChI is InChI=1S/C28H41NO4SSi/c1-22(2)34(30)29-28(6,21-26-32-23(3)33-26)20-14-13-19-27(4,5)35(31,24-15-9-7-10-16-24)25-17-11-8-12-18-25/h7-12,15-18,23,26,29,31H,1,13-14,19-21H2,2-6H3. The van der Waals surface area contributed by atoms with E-state index in [0.29, 0.717) is 11.3 Å². The summed E-state index contributed by atoms with van der Waals surface area (Å²) in [4.78, 5) is 12.9. The first-order valence-corrected chi connectivity index (χ1v) is 15.6. The molecule has 7 heteroatoms. The van der Waals surface area contributed by atoms with Gasteiger partial charge >= 0.3 is 0 Å². The molecule has 1 saturated heterocycles. The third-order valence-corrected chi connectivity index (χ3v) is 13.0. The Hall–Kier alpha value is -1.45. The summed E-state index contributed by atoms with van der Waals surface area (Å²) in [5, 5.41) is 1.79. The zero-order valence-corrected chi connectivity index (χ0v) is 23.6. The Labute approximate surface area is 215 Å². The van der Waals surface area contributed by atoms with Gasteiger partial charge in [0.05, 0.1) is 16.9 Å². The van der Waals surface area contributed by atoms with Gasteiger partial charge in [-0.3, -0.25) is 0 Å². The third kappa shape index (κ3) is 6.86. The van der Waals surface area contributed by atoms with E-state index in [-0.39, 0.29) is 17.6 Å². The van der Waals surface area contributed by atoms with Gasteiger partial charge in [-0.05, 0) is 48.7 Å². The molecule has 5 nitrogen and oxygen atoms in total. The van der Waals surface area contributed by atoms with Crippen LogP contribution in [0.3, 0.4) is 0 Å². The second kappa shape index (κ2) is 11.7. The maximum Gasteiger partial charge on any atom is 0.258 e. The van der Waals surface area contributed by atoms with Crippen molar-refractivity contribution in [3.8, 4) is 0 Å². The predicted octanol–water partition coefficient (Wildman–Crippen LogP) is 4.73. The van der Waals surface area contributed by atoms with E-state index in [0.717, 1.165) is 36.1 Å². The normalized spacial score (nSPS) is 21.1. The number of unbranched alkanes of at least 4 members (excludes halogenated alkanes) is 1. The van der Waals surface area contributed by atoms with Gasteiger partial charge in [-0.1, -0.05) is 87.4 Å². The molecule has 0 bridgehead atoms. The maximum atomic E-state index is 12.5. The molecule has 3 rings (SSSR count). The lowest BCUT2D eigenvalue weighted by atomic mass is 9.90. The maximum absolute atomic E-state index is 12.5. The van der Waals surface area contributed by atoms with Crippen LogP contribution in [0.4, 0.5) is 0 Å². The minimum atomic E-state index is -3.01. The van der Waals surface area contributed by atoms with Gasteiger partial charge in [0.15, 0.2) is 12.6 Å². The van der Waals surface area contributed by atoms with Gasteiger partial charge in [0.2, 0.25) is 0 Å². The minimum absolute atomic E-state index is 0.185. The topological polar surface area (TPSA) is 73.8 Å². The Bertz CT molecular complexity index is 912. The van der Waals surface area contributed by atoms with Gasteiger partial charge in [0.25, 0.3) is 8.32 Å². The van der Waals surface area contributed by atoms with Crippen LogP contribution in [-0.2, 0) is 20.8 Å². The molecule has 2 N–H and O–H groups in total. The zero-order valence-electron chi connectivity index (χ0n) is 21.8. The van der Waals surface area contributed by atoms with Crippen molar-refractivity contribution in [2.24, 2.45) is 0 Å². The molecule has 0 radical (unpaired) electrons. The zero-order chi connectivity index (χ0) is 25.7. The largest absolute Gasteiger partial charge is 0.593 e. The van der Waals surface area contributed by atoms with Gasteiger partial charge in [-0.15, -0.1) is 4.72 Å². The summed E-state index contributed by atoms with van der Waals surface area (Å²) >= 11 is -1.32. The van der Waals surface area contributed by atoms with Gasteiger partial charge in [0.1, 0.15) is 4.91 Å². The van der Waals surface area contributed by atoms with Crippen molar-refractivity contribution < 1.29 is 18.8 Å². The molecule has 0 saturated carbocycles. The van der Waals surface area contributed by atoms with Gasteiger partial charge in [-0.25, -0.2) is 0 Å². The number of rotatable bonds is 13. The molecule has 2 atom stereocenters. The monoisotopic (exact) mass is 515 g/mol. The highest BCUT2D eigenvalue weighted by Gasteiger charge is 2.49. The first-order valence-electron chi connectivity index (χ1n) is 12.5. The van der Waals surface area contributed by atoms with E-state index in [9.17, 15) is 9.35 Å². The molecule has 0 aromatic heterocycles. The summed E-state index contributed by atoms with van der Waals surface area (Å²) in [7, 11) is -3.01. The number of ether oxygens (including phenoxy) is 2. The molecular formula is C28H41NO4SSi. The van der Waals surface area contributed by atoms with Crippen molar-refractivity contribution in [2.45, 2.75) is 89.9 Å². The third-order valence-electron chi connectivity index (χ3n) is 7.10. The fraction of sp³-hybridized carbons (Fsp3) is 0.500. The van der Waals surface area contributed by atoms with Gasteiger partial charge in [0, 0.05) is 13.3 Å². The lowest BCUT2D eigenvalue weighted by molar-refractivity contribution is -0.380. The quantitative estimate of drug-likeness (QED) is 0.229. The highest BCUT2D eigenvalue weighted by Crippen LogP contribution is 2.41. The second-order valence-corrected chi connectivity index (χ2v) is 16.0. The fourth-order valence-corrected chi connectivity index (χ4v) is 9.57. The molecule has 1 heterocycles. The molecular weight excluding hydrogens is 474 g/mol. The van der Waals surface area contributed by atoms with E-state index in [1.165, 1.54) is 0 Å². The highest BCUT2D eigenvalue weighted by molar-refractivity contribution is 7.93. The summed E-state index contributed by atoms with van der Waals surface area (Å²) in [5.74, 6) is 0. The molecule has 35 heavy (non-hydrogen) atoms. The number of nitrogens with one attached hydrogen (secondary N) is 1. The smallest absolute Gasteiger partial charge is 0.258 e. The molecule has 192 valence electrons. The number of hydrogen-bond donors (Lipinski definition) is 2. The van der Waals surface area contributed by atoms with E-state index in [4.69, 9.17) is 9.47 Å². The molecule has 2 aromatic carbocycles. The van der Waals surface area contributed by atoms with E-state index < -0.39 is 25.2 Å². The van der Waals surface area contributed by atoms with E-state index >= 15 is 0 Å². The molecule has 1 aliphatic rings. The van der Waals surface area contributed by atoms with Gasteiger partial charge < -0.3 is 18.8 Å². The highest BCUT2D eigenvalue weighted by atomic mass is 32.2. The van der Waals surface area contributed by atoms with Crippen molar-refractivity contribution in [3.05, 3.63) is 72.1 Å². The number of hydrogen-bond acceptors (Lipinski definition) is 5. The summed E-state index contributed by atoms with van der Waals surface area (Å²) in [5.41, 5.74) is -0.411. The molecule has 0 aliphatic carbocycles. The average molecular weight is 516 g/mol. The number of allylic oxidation sites excluding steroid dienone is 1. The Morgan fingerprint density at radius 1 is 1.00 bits per heavy atom. The van der Waals surface area contributed by atoms with E-state index in [1.807, 2.05) is 43.3 Å². The Kier molecular flexibility index (Phi) is 9.43. The van der Waals surface area contributed by atoms with Crippen LogP contribution in [-0.4, -0.2) is 35.8 Å². The van der Waals surface area contributed by atoms with Crippen molar-refractivity contribution in [1.29, 1.82) is 0 Å². The van der Waals surface area contributed by atoms with Crippen molar-refractivity contribution >= 4 is 30.1 Å². The van der Waals surface area contributed by atoms with Crippen LogP contribution < -0.4 is 15.1 Å². The molecule has 2 aromatic rings. The van der Waals surface area contributed by atoms with Crippen LogP contribution in [0.2, 0.25) is 5.04 Å². The van der Waals surface area contributed by atoms with Crippen LogP contribution in [0.1, 0.15) is 66.7 Å². The van der Waals surface area contributed by atoms with Crippen LogP contribution in [0, 0.1) is 0 Å². The molecule has 1 aliphatic heterocycles. The van der Waals surface area contributed by atoms with Crippen LogP contribution in [0.25, 0.3) is 0 Å². The van der Waals surface area contributed by atoms with E-state index in [1.54, 1.807) is 6.92 Å². The molecule has 0 spiro atoms. The molecule has 2 unspecified atom stereocenters. The van der Waals surface area contributed by atoms with Crippen molar-refractivity contribution in [3.63, 3.8) is 0 Å². The van der Waals surface area contributed by atoms with Crippen LogP contribution >= 0.6 is 0 Å². The SMILES string of the molecule is C=C(C)[S+]([O-])NC(C)(CCCCC(C)(C)[Si](O)(c1ccccc1)c1ccccc1)CC1OC(C)O1. The van der Waals surface area contributed by atoms with Gasteiger partial charge in [-0.2, -0.15) is 0 Å². The lowest BCUT2D eigenvalue weighted by Gasteiger charge is -2.42. The Morgan fingerprint density at radius 3 is 1.94 bits per heavy atom. The van der Waals surface area contributed by atoms with Crippen LogP contribution in [0.5, 0.6) is 0 Å². The average Bonchev–Trinajstić information content (AvgIpc) is 2.81. The second-order valence-electron chi connectivity index (χ2n) is 10.6.